The summed E-state index contributed by atoms with van der Waals surface area (Å²) in [7, 11) is 1.34. The minimum Gasteiger partial charge on any atom is -0.495 e. The van der Waals surface area contributed by atoms with E-state index in [1.807, 2.05) is 30.3 Å². The van der Waals surface area contributed by atoms with Crippen LogP contribution in [0.1, 0.15) is 36.8 Å². The number of urea groups is 1. The molecule has 0 atom stereocenters. The fourth-order valence-corrected chi connectivity index (χ4v) is 3.49. The third-order valence-electron chi connectivity index (χ3n) is 5.11. The maximum atomic E-state index is 12.9. The van der Waals surface area contributed by atoms with Gasteiger partial charge in [0.25, 0.3) is 0 Å². The third-order valence-corrected chi connectivity index (χ3v) is 5.11. The average Bonchev–Trinajstić information content (AvgIpc) is 2.73. The number of carbonyl (C=O) groups excluding carboxylic acids is 1. The van der Waals surface area contributed by atoms with Crippen LogP contribution in [0.4, 0.5) is 23.7 Å². The Morgan fingerprint density at radius 1 is 1.07 bits per heavy atom. The van der Waals surface area contributed by atoms with Crippen molar-refractivity contribution in [3.8, 4) is 5.75 Å². The predicted octanol–water partition coefficient (Wildman–Crippen LogP) is 5.36. The summed E-state index contributed by atoms with van der Waals surface area (Å²) in [5.74, 6) is 0.163. The van der Waals surface area contributed by atoms with Crippen LogP contribution >= 0.6 is 0 Å². The van der Waals surface area contributed by atoms with Crippen LogP contribution in [0.15, 0.2) is 48.5 Å². The van der Waals surface area contributed by atoms with Gasteiger partial charge >= 0.3 is 12.2 Å². The van der Waals surface area contributed by atoms with Gasteiger partial charge in [0.2, 0.25) is 0 Å². The minimum atomic E-state index is -4.50. The quantitative estimate of drug-likeness (QED) is 0.659. The normalized spacial score (nSPS) is 19.2. The van der Waals surface area contributed by atoms with Crippen LogP contribution in [0, 0.1) is 0 Å². The van der Waals surface area contributed by atoms with Gasteiger partial charge in [0.15, 0.2) is 0 Å². The number of nitrogens with one attached hydrogen (secondary N) is 2. The van der Waals surface area contributed by atoms with Crippen LogP contribution in [-0.2, 0) is 17.5 Å². The fraction of sp³-hybridized carbons (Fsp3) is 0.409. The molecule has 0 heterocycles. The maximum absolute atomic E-state index is 12.9. The molecule has 0 aliphatic heterocycles. The molecule has 2 aromatic rings. The Labute approximate surface area is 173 Å². The van der Waals surface area contributed by atoms with Crippen molar-refractivity contribution >= 4 is 11.7 Å². The molecule has 30 heavy (non-hydrogen) atoms. The number of alkyl halides is 3. The molecule has 0 radical (unpaired) electrons. The first kappa shape index (κ1) is 22.0. The van der Waals surface area contributed by atoms with E-state index in [1.54, 1.807) is 0 Å². The van der Waals surface area contributed by atoms with Gasteiger partial charge in [-0.2, -0.15) is 13.2 Å². The molecule has 8 heteroatoms. The number of amides is 2. The first-order chi connectivity index (χ1) is 14.3. The zero-order valence-corrected chi connectivity index (χ0v) is 16.7. The van der Waals surface area contributed by atoms with E-state index >= 15 is 0 Å². The highest BCUT2D eigenvalue weighted by atomic mass is 19.4. The van der Waals surface area contributed by atoms with Gasteiger partial charge in [-0.1, -0.05) is 30.3 Å². The van der Waals surface area contributed by atoms with Crippen LogP contribution < -0.4 is 15.4 Å². The van der Waals surface area contributed by atoms with Crippen molar-refractivity contribution < 1.29 is 27.4 Å². The molecule has 1 fully saturated rings. The monoisotopic (exact) mass is 422 g/mol. The number of ether oxygens (including phenoxy) is 2. The fourth-order valence-electron chi connectivity index (χ4n) is 3.49. The number of anilines is 1. The molecule has 0 unspecified atom stereocenters. The molecule has 1 aliphatic carbocycles. The topological polar surface area (TPSA) is 59.6 Å². The molecule has 1 aliphatic rings. The van der Waals surface area contributed by atoms with Gasteiger partial charge in [-0.05, 0) is 49.4 Å². The summed E-state index contributed by atoms with van der Waals surface area (Å²) in [6.07, 6.45) is -1.26. The molecule has 1 saturated carbocycles. The Morgan fingerprint density at radius 2 is 1.77 bits per heavy atom. The van der Waals surface area contributed by atoms with Crippen LogP contribution in [0.5, 0.6) is 5.75 Å². The molecule has 2 amide bonds. The largest absolute Gasteiger partial charge is 0.495 e. The van der Waals surface area contributed by atoms with Crippen molar-refractivity contribution in [2.75, 3.05) is 12.4 Å². The minimum absolute atomic E-state index is 0.0234. The highest BCUT2D eigenvalue weighted by molar-refractivity contribution is 5.91. The van der Waals surface area contributed by atoms with Gasteiger partial charge < -0.3 is 20.1 Å². The van der Waals surface area contributed by atoms with Gasteiger partial charge in [-0.3, -0.25) is 0 Å². The van der Waals surface area contributed by atoms with E-state index in [9.17, 15) is 18.0 Å². The Bertz CT molecular complexity index is 835. The number of hydrogen-bond donors (Lipinski definition) is 2. The van der Waals surface area contributed by atoms with E-state index in [2.05, 4.69) is 10.6 Å². The van der Waals surface area contributed by atoms with Crippen LogP contribution in [0.3, 0.4) is 0 Å². The van der Waals surface area contributed by atoms with Crippen molar-refractivity contribution in [1.82, 2.24) is 5.32 Å². The number of benzene rings is 2. The molecule has 3 rings (SSSR count). The second-order valence-electron chi connectivity index (χ2n) is 7.28. The van der Waals surface area contributed by atoms with E-state index < -0.39 is 17.8 Å². The van der Waals surface area contributed by atoms with Crippen molar-refractivity contribution in [1.29, 1.82) is 0 Å². The predicted molar refractivity (Wildman–Crippen MR) is 107 cm³/mol. The number of halogens is 3. The lowest BCUT2D eigenvalue weighted by molar-refractivity contribution is -0.137. The summed E-state index contributed by atoms with van der Waals surface area (Å²) in [5.41, 5.74) is 0.242. The summed E-state index contributed by atoms with van der Waals surface area (Å²) in [5, 5.41) is 5.30. The molecule has 0 saturated heterocycles. The summed E-state index contributed by atoms with van der Waals surface area (Å²) in [6, 6.07) is 12.3. The highest BCUT2D eigenvalue weighted by Gasteiger charge is 2.31. The Hall–Kier alpha value is -2.74. The van der Waals surface area contributed by atoms with Crippen molar-refractivity contribution in [3.05, 3.63) is 59.7 Å². The second-order valence-corrected chi connectivity index (χ2v) is 7.28. The van der Waals surface area contributed by atoms with Crippen LogP contribution in [0.2, 0.25) is 0 Å². The molecule has 2 aromatic carbocycles. The Balaban J connectivity index is 1.48. The second kappa shape index (κ2) is 9.84. The van der Waals surface area contributed by atoms with Gasteiger partial charge in [0.1, 0.15) is 5.75 Å². The molecular weight excluding hydrogens is 397 g/mol. The van der Waals surface area contributed by atoms with E-state index in [0.717, 1.165) is 43.4 Å². The lowest BCUT2D eigenvalue weighted by atomic mass is 9.93. The van der Waals surface area contributed by atoms with Gasteiger partial charge in [0, 0.05) is 6.04 Å². The standard InChI is InChI=1S/C22H25F3N2O3/c1-29-20-12-7-16(22(23,24)25)13-19(20)27-21(28)26-17-8-10-18(11-9-17)30-14-15-5-3-2-4-6-15/h2-7,12-13,17-18H,8-11,14H2,1H3,(H2,26,27,28). The molecule has 5 nitrogen and oxygen atoms in total. The zero-order chi connectivity index (χ0) is 21.6. The smallest absolute Gasteiger partial charge is 0.416 e. The summed E-state index contributed by atoms with van der Waals surface area (Å²) in [6.45, 7) is 0.555. The third kappa shape index (κ3) is 6.13. The van der Waals surface area contributed by atoms with Crippen molar-refractivity contribution in [2.24, 2.45) is 0 Å². The first-order valence-electron chi connectivity index (χ1n) is 9.83. The van der Waals surface area contributed by atoms with Gasteiger partial charge in [-0.15, -0.1) is 0 Å². The number of hydrogen-bond acceptors (Lipinski definition) is 3. The molecule has 0 aromatic heterocycles. The molecule has 2 N–H and O–H groups in total. The maximum Gasteiger partial charge on any atom is 0.416 e. The molecular formula is C22H25F3N2O3. The van der Waals surface area contributed by atoms with Crippen molar-refractivity contribution in [3.63, 3.8) is 0 Å². The van der Waals surface area contributed by atoms with Gasteiger partial charge in [0.05, 0.1) is 31.1 Å². The summed E-state index contributed by atoms with van der Waals surface area (Å²) >= 11 is 0. The van der Waals surface area contributed by atoms with Gasteiger partial charge in [-0.25, -0.2) is 4.79 Å². The highest BCUT2D eigenvalue weighted by Crippen LogP contribution is 2.35. The van der Waals surface area contributed by atoms with E-state index in [1.165, 1.54) is 13.2 Å². The molecule has 162 valence electrons. The summed E-state index contributed by atoms with van der Waals surface area (Å²) < 4.78 is 49.8. The Morgan fingerprint density at radius 3 is 2.40 bits per heavy atom. The average molecular weight is 422 g/mol. The lowest BCUT2D eigenvalue weighted by Gasteiger charge is -2.29. The molecule has 0 spiro atoms. The van der Waals surface area contributed by atoms with Crippen LogP contribution in [0.25, 0.3) is 0 Å². The number of rotatable bonds is 6. The summed E-state index contributed by atoms with van der Waals surface area (Å²) in [4.78, 5) is 12.3. The first-order valence-corrected chi connectivity index (χ1v) is 9.83. The SMILES string of the molecule is COc1ccc(C(F)(F)F)cc1NC(=O)NC1CCC(OCc2ccccc2)CC1. The van der Waals surface area contributed by atoms with E-state index in [-0.39, 0.29) is 23.6 Å². The van der Waals surface area contributed by atoms with E-state index in [4.69, 9.17) is 9.47 Å². The Kier molecular flexibility index (Phi) is 7.20. The zero-order valence-electron chi connectivity index (χ0n) is 16.7. The van der Waals surface area contributed by atoms with Crippen molar-refractivity contribution in [2.45, 2.75) is 50.6 Å². The van der Waals surface area contributed by atoms with E-state index in [0.29, 0.717) is 6.61 Å². The lowest BCUT2D eigenvalue weighted by Crippen LogP contribution is -2.41. The van der Waals surface area contributed by atoms with Crippen LogP contribution in [-0.4, -0.2) is 25.3 Å². The number of methoxy groups -OCH3 is 1. The molecule has 0 bridgehead atoms. The number of carbonyl (C=O) groups is 1.